The van der Waals surface area contributed by atoms with Gasteiger partial charge in [-0.1, -0.05) is 113 Å². The lowest BCUT2D eigenvalue weighted by molar-refractivity contribution is -0.131. The van der Waals surface area contributed by atoms with Crippen LogP contribution < -0.4 is 10.6 Å². The summed E-state index contributed by atoms with van der Waals surface area (Å²) in [5.74, 6) is 6.27. The number of amides is 3. The normalized spacial score (nSPS) is 28.5. The van der Waals surface area contributed by atoms with E-state index in [0.717, 1.165) is 86.3 Å². The third kappa shape index (κ3) is 16.9. The van der Waals surface area contributed by atoms with E-state index in [2.05, 4.69) is 51.3 Å². The maximum Gasteiger partial charge on any atom is 0.407 e. The van der Waals surface area contributed by atoms with Gasteiger partial charge in [0.25, 0.3) is 0 Å². The molecule has 0 aromatic rings. The summed E-state index contributed by atoms with van der Waals surface area (Å²) in [6.07, 6.45) is 24.5. The van der Waals surface area contributed by atoms with Gasteiger partial charge in [-0.2, -0.15) is 0 Å². The Labute approximate surface area is 394 Å². The number of alkyl carbamates (subject to hydrolysis) is 2. The fourth-order valence-electron chi connectivity index (χ4n) is 12.3. The number of allylic oxidation sites excluding steroid dienone is 2. The third-order valence-corrected chi connectivity index (χ3v) is 18.5. The van der Waals surface area contributed by atoms with Gasteiger partial charge in [-0.15, -0.1) is 0 Å². The number of hydrogen-bond donors (Lipinski definition) is 2. The lowest BCUT2D eigenvalue weighted by atomic mass is 9.47. The minimum atomic E-state index is -0.551. The Balaban J connectivity index is 1.22. The van der Waals surface area contributed by atoms with Gasteiger partial charge < -0.3 is 25.0 Å². The second-order valence-corrected chi connectivity index (χ2v) is 26.4. The molecule has 3 saturated carbocycles. The zero-order valence-corrected chi connectivity index (χ0v) is 44.3. The van der Waals surface area contributed by atoms with Crippen LogP contribution in [0, 0.1) is 46.3 Å². The molecule has 8 nitrogen and oxygen atoms in total. The lowest BCUT2D eigenvalue weighted by Gasteiger charge is -2.58. The van der Waals surface area contributed by atoms with E-state index in [-0.39, 0.29) is 24.1 Å². The van der Waals surface area contributed by atoms with Crippen LogP contribution in [-0.2, 0) is 14.3 Å². The van der Waals surface area contributed by atoms with Crippen LogP contribution in [0.4, 0.5) is 9.59 Å². The maximum absolute atomic E-state index is 13.8. The Morgan fingerprint density at radius 1 is 0.746 bits per heavy atom. The highest BCUT2D eigenvalue weighted by molar-refractivity contribution is 8.76. The molecule has 3 amide bonds. The van der Waals surface area contributed by atoms with Crippen molar-refractivity contribution in [2.45, 2.75) is 241 Å². The van der Waals surface area contributed by atoms with Crippen molar-refractivity contribution in [3.05, 3.63) is 11.6 Å². The van der Waals surface area contributed by atoms with Gasteiger partial charge in [-0.3, -0.25) is 4.79 Å². The van der Waals surface area contributed by atoms with Crippen molar-refractivity contribution in [3.8, 4) is 0 Å². The molecule has 0 saturated heterocycles. The van der Waals surface area contributed by atoms with Gasteiger partial charge in [0.05, 0.1) is 0 Å². The summed E-state index contributed by atoms with van der Waals surface area (Å²) in [6, 6.07) is -0.0264. The van der Waals surface area contributed by atoms with E-state index < -0.39 is 17.3 Å². The highest BCUT2D eigenvalue weighted by atomic mass is 33.1. The molecule has 0 aromatic carbocycles. The van der Waals surface area contributed by atoms with E-state index in [9.17, 15) is 14.4 Å². The molecule has 2 N–H and O–H groups in total. The molecule has 63 heavy (non-hydrogen) atoms. The number of hydrogen-bond acceptors (Lipinski definition) is 7. The largest absolute Gasteiger partial charge is 0.444 e. The Morgan fingerprint density at radius 2 is 1.38 bits per heavy atom. The highest BCUT2D eigenvalue weighted by Gasteiger charge is 2.59. The molecule has 10 atom stereocenters. The molecular weight excluding hydrogens is 823 g/mol. The van der Waals surface area contributed by atoms with E-state index >= 15 is 0 Å². The van der Waals surface area contributed by atoms with E-state index in [1.54, 1.807) is 5.57 Å². The average Bonchev–Trinajstić information content (AvgIpc) is 3.52. The summed E-state index contributed by atoms with van der Waals surface area (Å²) < 4.78 is 10.9. The summed E-state index contributed by atoms with van der Waals surface area (Å²) in [4.78, 5) is 40.3. The number of nitrogens with zero attached hydrogens (tertiary/aromatic N) is 1. The Bertz CT molecular complexity index is 1470. The highest BCUT2D eigenvalue weighted by Crippen LogP contribution is 2.67. The molecule has 0 aromatic heterocycles. The second kappa shape index (κ2) is 24.5. The first-order chi connectivity index (χ1) is 29.5. The predicted octanol–water partition coefficient (Wildman–Crippen LogP) is 14.6. The molecular formula is C53H95N3O5S2. The van der Waals surface area contributed by atoms with Crippen molar-refractivity contribution in [2.24, 2.45) is 46.3 Å². The van der Waals surface area contributed by atoms with Gasteiger partial charge in [0.15, 0.2) is 0 Å². The number of nitrogens with one attached hydrogen (secondary N) is 2. The van der Waals surface area contributed by atoms with Crippen LogP contribution in [0.5, 0.6) is 0 Å². The SMILES string of the molecule is CC(C)CCCC(C)C1CCC2[C@@H]3CC=C4C[C@@H](SSCCC(=O)N(CCCCCCCC(C)NC(=O)OC(C)(C)C)CCC(C)NC(=O)OC(C)(C)C)CCC4(C)C3CC[C@]12C. The fourth-order valence-corrected chi connectivity index (χ4v) is 14.9. The standard InChI is InChI=1S/C53H95N3O5S2/c1-37(2)20-19-21-38(3)44-25-26-45-43-24-23-41-36-42(27-31-52(41,12)46(43)28-32-53(44,45)13)63-62-35-30-47(57)56(34-29-40(5)55-49(59)61-51(9,10)11)33-18-16-14-15-17-22-39(4)54-48(58)60-50(6,7)8/h23,37-40,42-46H,14-22,24-36H2,1-13H3,(H,54,58)(H,55,59)/t38?,39?,40?,42-,43-,44?,45?,46?,52?,53+/m0/s1. The van der Waals surface area contributed by atoms with Gasteiger partial charge >= 0.3 is 12.2 Å². The van der Waals surface area contributed by atoms with Gasteiger partial charge in [-0.25, -0.2) is 9.59 Å². The summed E-state index contributed by atoms with van der Waals surface area (Å²) in [5, 5.41) is 6.53. The molecule has 7 unspecified atom stereocenters. The molecule has 0 spiro atoms. The number of carbonyl (C=O) groups is 3. The van der Waals surface area contributed by atoms with E-state index in [1.165, 1.54) is 70.6 Å². The summed E-state index contributed by atoms with van der Waals surface area (Å²) in [5.41, 5.74) is 1.62. The third-order valence-electron chi connectivity index (χ3n) is 15.6. The van der Waals surface area contributed by atoms with E-state index in [0.29, 0.717) is 35.5 Å². The Morgan fingerprint density at radius 3 is 2.03 bits per heavy atom. The van der Waals surface area contributed by atoms with Gasteiger partial charge in [0.2, 0.25) is 5.91 Å². The molecule has 0 heterocycles. The van der Waals surface area contributed by atoms with Crippen LogP contribution in [0.3, 0.4) is 0 Å². The maximum atomic E-state index is 13.8. The van der Waals surface area contributed by atoms with Crippen molar-refractivity contribution < 1.29 is 23.9 Å². The lowest BCUT2D eigenvalue weighted by Crippen LogP contribution is -2.50. The first-order valence-electron chi connectivity index (χ1n) is 25.7. The number of fused-ring (bicyclic) bond motifs is 5. The smallest absolute Gasteiger partial charge is 0.407 e. The second-order valence-electron chi connectivity index (χ2n) is 23.6. The molecule has 3 fully saturated rings. The van der Waals surface area contributed by atoms with Crippen LogP contribution in [0.25, 0.3) is 0 Å². The van der Waals surface area contributed by atoms with Crippen LogP contribution in [-0.4, -0.2) is 70.4 Å². The number of carbonyl (C=O) groups excluding carboxylic acids is 3. The van der Waals surface area contributed by atoms with Crippen LogP contribution >= 0.6 is 21.6 Å². The molecule has 0 bridgehead atoms. The summed E-state index contributed by atoms with van der Waals surface area (Å²) >= 11 is 0. The van der Waals surface area contributed by atoms with Crippen molar-refractivity contribution in [1.29, 1.82) is 0 Å². The van der Waals surface area contributed by atoms with E-state index in [1.807, 2.05) is 81.9 Å². The van der Waals surface area contributed by atoms with Gasteiger partial charge in [-0.05, 0) is 172 Å². The number of ether oxygens (including phenoxy) is 2. The van der Waals surface area contributed by atoms with Crippen molar-refractivity contribution in [1.82, 2.24) is 15.5 Å². The zero-order valence-electron chi connectivity index (χ0n) is 42.6. The molecule has 364 valence electrons. The summed E-state index contributed by atoms with van der Waals surface area (Å²) in [6.45, 7) is 29.3. The first-order valence-corrected chi connectivity index (χ1v) is 28.1. The fraction of sp³-hybridized carbons (Fsp3) is 0.906. The topological polar surface area (TPSA) is 97.0 Å². The Kier molecular flexibility index (Phi) is 21.0. The minimum absolute atomic E-state index is 0.0717. The molecule has 10 heteroatoms. The predicted molar refractivity (Wildman–Crippen MR) is 268 cm³/mol. The van der Waals surface area contributed by atoms with Crippen LogP contribution in [0.15, 0.2) is 11.6 Å². The van der Waals surface area contributed by atoms with Gasteiger partial charge in [0.1, 0.15) is 11.2 Å². The molecule has 0 radical (unpaired) electrons. The molecule has 4 rings (SSSR count). The summed E-state index contributed by atoms with van der Waals surface area (Å²) in [7, 11) is 3.95. The molecule has 4 aliphatic carbocycles. The quantitative estimate of drug-likeness (QED) is 0.0599. The molecule has 4 aliphatic rings. The first kappa shape index (κ1) is 54.1. The van der Waals surface area contributed by atoms with Crippen LogP contribution in [0.1, 0.15) is 212 Å². The Hall–Kier alpha value is -1.55. The van der Waals surface area contributed by atoms with Crippen LogP contribution in [0.2, 0.25) is 0 Å². The number of rotatable bonds is 23. The molecule has 0 aliphatic heterocycles. The zero-order chi connectivity index (χ0) is 46.6. The van der Waals surface area contributed by atoms with Crippen molar-refractivity contribution >= 4 is 39.7 Å². The van der Waals surface area contributed by atoms with Gasteiger partial charge in [0, 0.05) is 42.6 Å². The van der Waals surface area contributed by atoms with Crippen molar-refractivity contribution in [3.63, 3.8) is 0 Å². The number of unbranched alkanes of at least 4 members (excludes halogenated alkanes) is 4. The monoisotopic (exact) mass is 918 g/mol. The van der Waals surface area contributed by atoms with Crippen molar-refractivity contribution in [2.75, 3.05) is 18.8 Å². The minimum Gasteiger partial charge on any atom is -0.444 e. The average molecular weight is 918 g/mol. The van der Waals surface area contributed by atoms with E-state index in [4.69, 9.17) is 9.47 Å².